The van der Waals surface area contributed by atoms with Gasteiger partial charge in [0.2, 0.25) is 0 Å². The second-order valence-corrected chi connectivity index (χ2v) is 35.5. The summed E-state index contributed by atoms with van der Waals surface area (Å²) in [5.41, 5.74) is 16.2. The van der Waals surface area contributed by atoms with Crippen LogP contribution in [0.25, 0.3) is 206 Å². The minimum Gasteiger partial charge on any atom is -0.423 e. The van der Waals surface area contributed by atoms with Crippen LogP contribution in [0.4, 0.5) is 0 Å². The predicted octanol–water partition coefficient (Wildman–Crippen LogP) is 31.9. The molecule has 0 heterocycles. The van der Waals surface area contributed by atoms with Gasteiger partial charge in [0.25, 0.3) is 0 Å². The Morgan fingerprint density at radius 1 is 0.163 bits per heavy atom. The van der Waals surface area contributed by atoms with Gasteiger partial charge in [0, 0.05) is 49.0 Å². The lowest BCUT2D eigenvalue weighted by Crippen LogP contribution is -2.31. The Kier molecular flexibility index (Phi) is 20.8. The van der Waals surface area contributed by atoms with Crippen molar-refractivity contribution in [1.29, 1.82) is 0 Å². The lowest BCUT2D eigenvalue weighted by molar-refractivity contribution is 0.0980. The second kappa shape index (κ2) is 33.9. The molecule has 2 N–H and O–H groups in total. The molecule has 0 saturated carbocycles. The minimum atomic E-state index is -1.52. The Hall–Kier alpha value is -16.7. The average molecular weight is 1790 g/mol. The van der Waals surface area contributed by atoms with Crippen LogP contribution in [0, 0.1) is 0 Å². The van der Waals surface area contributed by atoms with Gasteiger partial charge in [0.15, 0.2) is 23.1 Å². The summed E-state index contributed by atoms with van der Waals surface area (Å²) in [6.45, 7) is 0. The summed E-state index contributed by atoms with van der Waals surface area (Å²) in [5, 5.41) is 52.1. The number of halogens is 1. The molecule has 0 aromatic heterocycles. The molecule has 0 amide bonds. The molecule has 0 spiro atoms. The molecule has 0 aliphatic heterocycles. The maximum atomic E-state index is 14.0. The van der Waals surface area contributed by atoms with Crippen LogP contribution >= 0.6 is 15.9 Å². The normalized spacial score (nSPS) is 12.1. The van der Waals surface area contributed by atoms with Gasteiger partial charge >= 0.3 is 7.12 Å². The number of carbonyl (C=O) groups excluding carboxylic acids is 4. The maximum absolute atomic E-state index is 14.0. The van der Waals surface area contributed by atoms with Gasteiger partial charge in [-0.2, -0.15) is 0 Å². The molecule has 2 aliphatic rings. The third-order valence-electron chi connectivity index (χ3n) is 27.3. The van der Waals surface area contributed by atoms with Crippen LogP contribution in [0.2, 0.25) is 0 Å². The van der Waals surface area contributed by atoms with E-state index in [0.29, 0.717) is 50.0 Å². The fraction of sp³-hybridized carbons (Fsp3) is 0.00787. The van der Waals surface area contributed by atoms with Crippen molar-refractivity contribution in [2.45, 2.75) is 7.43 Å². The highest BCUT2D eigenvalue weighted by atomic mass is 79.9. The molecule has 25 aromatic carbocycles. The molecule has 0 atom stereocenters. The van der Waals surface area contributed by atoms with E-state index in [4.69, 9.17) is 0 Å². The van der Waals surface area contributed by atoms with Crippen molar-refractivity contribution in [1.82, 2.24) is 0 Å². The van der Waals surface area contributed by atoms with Crippen molar-refractivity contribution in [2.24, 2.45) is 0 Å². The van der Waals surface area contributed by atoms with Crippen molar-refractivity contribution >= 4 is 202 Å². The van der Waals surface area contributed by atoms with E-state index >= 15 is 0 Å². The van der Waals surface area contributed by atoms with Crippen molar-refractivity contribution in [3.63, 3.8) is 0 Å². The summed E-state index contributed by atoms with van der Waals surface area (Å²) >= 11 is 3.50. The lowest BCUT2D eigenvalue weighted by Gasteiger charge is -2.23. The van der Waals surface area contributed by atoms with Crippen molar-refractivity contribution < 1.29 is 29.2 Å². The highest BCUT2D eigenvalue weighted by Crippen LogP contribution is 2.51. The molecule has 634 valence electrons. The van der Waals surface area contributed by atoms with Crippen LogP contribution in [-0.2, 0) is 0 Å². The highest BCUT2D eigenvalue weighted by Gasteiger charge is 2.35. The Morgan fingerprint density at radius 2 is 0.407 bits per heavy atom. The summed E-state index contributed by atoms with van der Waals surface area (Å²) in [6.07, 6.45) is 0. The fourth-order valence-corrected chi connectivity index (χ4v) is 21.9. The molecule has 6 nitrogen and oxygen atoms in total. The first kappa shape index (κ1) is 82.7. The zero-order valence-electron chi connectivity index (χ0n) is 72.2. The van der Waals surface area contributed by atoms with Crippen LogP contribution in [0.15, 0.2) is 453 Å². The van der Waals surface area contributed by atoms with E-state index in [1.54, 1.807) is 42.5 Å². The van der Waals surface area contributed by atoms with E-state index in [-0.39, 0.29) is 30.6 Å². The first-order valence-electron chi connectivity index (χ1n) is 45.1. The number of carbonyl (C=O) groups is 4. The largest absolute Gasteiger partial charge is 0.489 e. The summed E-state index contributed by atoms with van der Waals surface area (Å²) in [6, 6.07) is 155. The monoisotopic (exact) mass is 1790 g/mol. The Labute approximate surface area is 786 Å². The van der Waals surface area contributed by atoms with E-state index in [1.807, 2.05) is 109 Å². The summed E-state index contributed by atoms with van der Waals surface area (Å²) in [4.78, 5) is 53.4. The molecule has 25 aromatic rings. The van der Waals surface area contributed by atoms with Gasteiger partial charge in [-0.25, -0.2) is 0 Å². The predicted molar refractivity (Wildman–Crippen MR) is 569 cm³/mol. The quantitative estimate of drug-likeness (QED) is 0.0975. The van der Waals surface area contributed by atoms with Crippen molar-refractivity contribution in [3.8, 4) is 55.6 Å². The molecule has 27 rings (SSSR count). The Bertz CT molecular complexity index is 9200. The topological polar surface area (TPSA) is 109 Å². The van der Waals surface area contributed by atoms with Gasteiger partial charge in [0.05, 0.1) is 0 Å². The third-order valence-corrected chi connectivity index (χ3v) is 27.9. The molecule has 2 aliphatic carbocycles. The number of fused-ring (bicyclic) bond motifs is 21. The number of hydrogen-bond acceptors (Lipinski definition) is 6. The lowest BCUT2D eigenvalue weighted by atomic mass is 9.72. The van der Waals surface area contributed by atoms with Crippen LogP contribution in [0.1, 0.15) is 71.1 Å². The average Bonchev–Trinajstić information content (AvgIpc) is 0.722. The zero-order valence-corrected chi connectivity index (χ0v) is 73.8. The van der Waals surface area contributed by atoms with Crippen LogP contribution in [0.3, 0.4) is 0 Å². The molecule has 0 radical (unpaired) electrons. The zero-order chi connectivity index (χ0) is 89.9. The summed E-state index contributed by atoms with van der Waals surface area (Å²) < 4.78 is 0.831. The van der Waals surface area contributed by atoms with Crippen LogP contribution < -0.4 is 5.46 Å². The summed E-state index contributed by atoms with van der Waals surface area (Å²) in [7, 11) is -1.52. The first-order chi connectivity index (χ1) is 65.9. The maximum Gasteiger partial charge on any atom is 0.489 e. The molecular weight excluding hydrogens is 1710 g/mol. The number of benzene rings is 25. The van der Waals surface area contributed by atoms with Crippen molar-refractivity contribution in [3.05, 3.63) is 498 Å². The van der Waals surface area contributed by atoms with Crippen LogP contribution in [0.5, 0.6) is 0 Å². The fourth-order valence-electron chi connectivity index (χ4n) is 21.3. The SMILES string of the molecule is C.O=C1c2ccccc2C(=O)c2c1cc(-c1c3ccccc3c(-c3ccc4ccccc4c3)c3ccccc13)c1ccccc21.O=C1c2ccccc2C(=O)c2c1cc(Br)c1ccccc21.OB(O)c1c2ccccc2c(-c2ccc3ccccc3c2)c2ccccc12.c1ccc2cc(-c3c4ccccc4c(-c4cc5cc6ccccc6cc5c5ccccc45)c4ccccc34)ccc2c1. The van der Waals surface area contributed by atoms with E-state index in [2.05, 4.69) is 313 Å². The van der Waals surface area contributed by atoms with Gasteiger partial charge in [0.1, 0.15) is 0 Å². The van der Waals surface area contributed by atoms with Crippen molar-refractivity contribution in [2.75, 3.05) is 0 Å². The van der Waals surface area contributed by atoms with Gasteiger partial charge in [-0.1, -0.05) is 424 Å². The number of ketones is 4. The molecule has 0 unspecified atom stereocenters. The Balaban J connectivity index is 0.000000105. The van der Waals surface area contributed by atoms with E-state index in [9.17, 15) is 29.2 Å². The number of hydrogen-bond donors (Lipinski definition) is 2. The summed E-state index contributed by atoms with van der Waals surface area (Å²) in [5.74, 6) is -0.376. The van der Waals surface area contributed by atoms with Crippen LogP contribution in [-0.4, -0.2) is 40.3 Å². The third kappa shape index (κ3) is 13.9. The van der Waals surface area contributed by atoms with Gasteiger partial charge in [-0.05, 0) is 260 Å². The van der Waals surface area contributed by atoms with E-state index < -0.39 is 7.12 Å². The molecule has 8 heteroatoms. The smallest absolute Gasteiger partial charge is 0.423 e. The van der Waals surface area contributed by atoms with Gasteiger partial charge in [-0.15, -0.1) is 0 Å². The standard InChI is InChI=1S/C42H24O2.C42H26.C24H17BO2.C18H9BrO2.CH4/c43-41-34-19-9-10-20-35(34)42(44)40-29-14-4-3-13-28(29)36(24-37(40)41)39-32-17-7-5-15-30(32)38(31-16-6-8-18-33(31)39)27-22-21-25-11-1-2-12-26(25)23-27;1-2-12-28-23-31(22-21-27(28)11-1)41-35-17-7-9-19-37(35)42(38-20-10-8-18-36(38)41)40-26-32-24-29-13-3-4-14-30(29)25-39(32)33-15-5-6-16-34(33)40;26-25(27)24-21-11-5-3-9-19(21)23(20-10-4-6-12-22(20)24)18-14-13-16-7-1-2-8-17(16)15-18;19-15-9-14-16(11-6-2-1-5-10(11)15)18(21)13-8-4-3-7-12(13)17(14)20;/h1-24H;1-26H;1-15,26-27H;1-9H;1H4. The minimum absolute atomic E-state index is 0. The molecule has 135 heavy (non-hydrogen) atoms. The van der Waals surface area contributed by atoms with Gasteiger partial charge < -0.3 is 10.0 Å². The molecule has 0 bridgehead atoms. The van der Waals surface area contributed by atoms with E-state index in [0.717, 1.165) is 96.9 Å². The molecular formula is C127H80BBrO6. The Morgan fingerprint density at radius 3 is 0.770 bits per heavy atom. The molecule has 0 fully saturated rings. The second-order valence-electron chi connectivity index (χ2n) is 34.6. The first-order valence-corrected chi connectivity index (χ1v) is 45.9. The molecule has 0 saturated heterocycles. The highest BCUT2D eigenvalue weighted by molar-refractivity contribution is 9.10. The van der Waals surface area contributed by atoms with Gasteiger partial charge in [-0.3, -0.25) is 19.2 Å². The number of rotatable bonds is 6. The van der Waals surface area contributed by atoms with E-state index in [1.165, 1.54) is 114 Å².